The molecule has 1 fully saturated rings. The van der Waals surface area contributed by atoms with Gasteiger partial charge in [-0.15, -0.1) is 5.10 Å². The van der Waals surface area contributed by atoms with Gasteiger partial charge in [0.15, 0.2) is 6.23 Å². The summed E-state index contributed by atoms with van der Waals surface area (Å²) < 4.78 is 11.7. The van der Waals surface area contributed by atoms with Crippen LogP contribution in [-0.2, 0) is 14.3 Å². The summed E-state index contributed by atoms with van der Waals surface area (Å²) in [5.74, 6) is -1.81. The summed E-state index contributed by atoms with van der Waals surface area (Å²) in [7, 11) is 0. The van der Waals surface area contributed by atoms with E-state index in [1.807, 2.05) is 0 Å². The molecule has 0 spiro atoms. The molecule has 1 aromatic heterocycles. The molecule has 1 saturated heterocycles. The molecule has 2 heterocycles. The topological polar surface area (TPSA) is 176 Å². The molecule has 1 aliphatic heterocycles. The third-order valence-electron chi connectivity index (χ3n) is 4.13. The SMILES string of the molecule is NC(=O)c1ncn([C@H]2O[C@@H](COC(=O)[C@@H](N)c3ccccc3)[C@H](O)[C@@H]2O)n1. The molecule has 11 nitrogen and oxygen atoms in total. The largest absolute Gasteiger partial charge is 0.461 e. The van der Waals surface area contributed by atoms with Gasteiger partial charge >= 0.3 is 5.97 Å². The summed E-state index contributed by atoms with van der Waals surface area (Å²) in [6, 6.07) is 7.66. The number of rotatable bonds is 6. The van der Waals surface area contributed by atoms with Crippen LogP contribution < -0.4 is 11.5 Å². The van der Waals surface area contributed by atoms with Crippen LogP contribution in [0.4, 0.5) is 0 Å². The molecule has 27 heavy (non-hydrogen) atoms. The number of nitrogens with two attached hydrogens (primary N) is 2. The first-order chi connectivity index (χ1) is 12.9. The number of primary amides is 1. The zero-order valence-corrected chi connectivity index (χ0v) is 14.1. The van der Waals surface area contributed by atoms with Gasteiger partial charge in [-0.1, -0.05) is 30.3 Å². The highest BCUT2D eigenvalue weighted by Crippen LogP contribution is 2.29. The average molecular weight is 377 g/mol. The van der Waals surface area contributed by atoms with Gasteiger partial charge in [-0.25, -0.2) is 14.5 Å². The number of benzene rings is 1. The van der Waals surface area contributed by atoms with E-state index in [4.69, 9.17) is 20.9 Å². The van der Waals surface area contributed by atoms with Crippen molar-refractivity contribution in [3.05, 3.63) is 48.0 Å². The fourth-order valence-corrected chi connectivity index (χ4v) is 2.65. The fourth-order valence-electron chi connectivity index (χ4n) is 2.65. The maximum absolute atomic E-state index is 12.1. The van der Waals surface area contributed by atoms with E-state index in [-0.39, 0.29) is 12.4 Å². The molecule has 6 N–H and O–H groups in total. The minimum Gasteiger partial charge on any atom is -0.461 e. The van der Waals surface area contributed by atoms with Crippen LogP contribution in [0.25, 0.3) is 0 Å². The predicted molar refractivity (Wildman–Crippen MR) is 88.8 cm³/mol. The number of nitrogens with zero attached hydrogens (tertiary/aromatic N) is 3. The van der Waals surface area contributed by atoms with E-state index in [9.17, 15) is 19.8 Å². The molecule has 0 radical (unpaired) electrons. The van der Waals surface area contributed by atoms with E-state index in [1.54, 1.807) is 30.3 Å². The van der Waals surface area contributed by atoms with Gasteiger partial charge in [0.25, 0.3) is 5.91 Å². The maximum atomic E-state index is 12.1. The van der Waals surface area contributed by atoms with Crippen molar-refractivity contribution >= 4 is 11.9 Å². The van der Waals surface area contributed by atoms with Crippen LogP contribution in [0, 0.1) is 0 Å². The minimum atomic E-state index is -1.38. The summed E-state index contributed by atoms with van der Waals surface area (Å²) >= 11 is 0. The van der Waals surface area contributed by atoms with E-state index in [0.29, 0.717) is 5.56 Å². The second-order valence-electron chi connectivity index (χ2n) is 5.98. The van der Waals surface area contributed by atoms with Crippen LogP contribution in [0.3, 0.4) is 0 Å². The number of hydrogen-bond donors (Lipinski definition) is 4. The van der Waals surface area contributed by atoms with Crippen molar-refractivity contribution < 1.29 is 29.3 Å². The Hall–Kier alpha value is -2.86. The number of aliphatic hydroxyl groups excluding tert-OH is 2. The van der Waals surface area contributed by atoms with Crippen molar-refractivity contribution in [2.24, 2.45) is 11.5 Å². The van der Waals surface area contributed by atoms with Gasteiger partial charge in [0, 0.05) is 0 Å². The molecule has 11 heteroatoms. The Morgan fingerprint density at radius 2 is 1.96 bits per heavy atom. The lowest BCUT2D eigenvalue weighted by atomic mass is 10.1. The first-order valence-electron chi connectivity index (χ1n) is 8.08. The number of amides is 1. The lowest BCUT2D eigenvalue weighted by Gasteiger charge is -2.17. The van der Waals surface area contributed by atoms with Crippen molar-refractivity contribution in [3.63, 3.8) is 0 Å². The van der Waals surface area contributed by atoms with Crippen molar-refractivity contribution in [1.82, 2.24) is 14.8 Å². The van der Waals surface area contributed by atoms with Gasteiger partial charge in [-0.2, -0.15) is 0 Å². The Morgan fingerprint density at radius 3 is 2.59 bits per heavy atom. The smallest absolute Gasteiger partial charge is 0.327 e. The number of carbonyl (C=O) groups excluding carboxylic acids is 2. The Bertz CT molecular complexity index is 813. The van der Waals surface area contributed by atoms with Crippen LogP contribution in [0.2, 0.25) is 0 Å². The third-order valence-corrected chi connectivity index (χ3v) is 4.13. The number of esters is 1. The summed E-state index contributed by atoms with van der Waals surface area (Å²) in [5.41, 5.74) is 11.5. The molecule has 1 amide bonds. The average Bonchev–Trinajstić information content (AvgIpc) is 3.26. The monoisotopic (exact) mass is 377 g/mol. The van der Waals surface area contributed by atoms with Crippen LogP contribution >= 0.6 is 0 Å². The number of ether oxygens (including phenoxy) is 2. The summed E-state index contributed by atoms with van der Waals surface area (Å²) in [4.78, 5) is 26.8. The van der Waals surface area contributed by atoms with Gasteiger partial charge in [0.05, 0.1) is 0 Å². The van der Waals surface area contributed by atoms with Gasteiger partial charge in [-0.05, 0) is 5.56 Å². The zero-order valence-electron chi connectivity index (χ0n) is 14.1. The van der Waals surface area contributed by atoms with E-state index in [0.717, 1.165) is 11.0 Å². The first-order valence-corrected chi connectivity index (χ1v) is 8.08. The van der Waals surface area contributed by atoms with E-state index in [2.05, 4.69) is 10.1 Å². The van der Waals surface area contributed by atoms with E-state index in [1.165, 1.54) is 0 Å². The Labute approximate surface area is 153 Å². The Balaban J connectivity index is 1.60. The molecule has 0 bridgehead atoms. The lowest BCUT2D eigenvalue weighted by molar-refractivity contribution is -0.152. The highest BCUT2D eigenvalue weighted by Gasteiger charge is 2.45. The number of carbonyl (C=O) groups is 2. The summed E-state index contributed by atoms with van der Waals surface area (Å²) in [6.45, 7) is -0.328. The number of aromatic nitrogens is 3. The number of hydrogen-bond acceptors (Lipinski definition) is 9. The van der Waals surface area contributed by atoms with Gasteiger partial charge in [-0.3, -0.25) is 4.79 Å². The van der Waals surface area contributed by atoms with Gasteiger partial charge in [0.2, 0.25) is 5.82 Å². The molecule has 1 aliphatic rings. The second-order valence-corrected chi connectivity index (χ2v) is 5.98. The van der Waals surface area contributed by atoms with Crippen LogP contribution in [0.15, 0.2) is 36.7 Å². The van der Waals surface area contributed by atoms with Gasteiger partial charge in [0.1, 0.15) is 37.3 Å². The summed E-state index contributed by atoms with van der Waals surface area (Å²) in [5, 5.41) is 24.0. The van der Waals surface area contributed by atoms with Crippen LogP contribution in [-0.4, -0.2) is 61.8 Å². The molecule has 3 rings (SSSR count). The molecular formula is C16H19N5O6. The molecule has 5 atom stereocenters. The lowest BCUT2D eigenvalue weighted by Crippen LogP contribution is -2.35. The third kappa shape index (κ3) is 3.95. The molecular weight excluding hydrogens is 358 g/mol. The quantitative estimate of drug-likeness (QED) is 0.425. The van der Waals surface area contributed by atoms with Crippen molar-refractivity contribution in [3.8, 4) is 0 Å². The van der Waals surface area contributed by atoms with E-state index >= 15 is 0 Å². The first kappa shape index (κ1) is 18.9. The predicted octanol–water partition coefficient (Wildman–Crippen LogP) is -1.76. The molecule has 0 aliphatic carbocycles. The molecule has 2 aromatic rings. The molecule has 144 valence electrons. The standard InChI is InChI=1S/C16H19N5O6/c17-10(8-4-2-1-3-5-8)16(25)26-6-9-11(22)12(23)15(27-9)21-7-19-14(20-21)13(18)24/h1-5,7,9-12,15,22-23H,6,17H2,(H2,18,24)/t9-,10-,11-,12-,15-/m0/s1. The Morgan fingerprint density at radius 1 is 1.26 bits per heavy atom. The summed E-state index contributed by atoms with van der Waals surface area (Å²) in [6.07, 6.45) is -3.72. The zero-order chi connectivity index (χ0) is 19.6. The second kappa shape index (κ2) is 7.80. The highest BCUT2D eigenvalue weighted by atomic mass is 16.6. The number of aliphatic hydroxyl groups is 2. The van der Waals surface area contributed by atoms with Crippen LogP contribution in [0.1, 0.15) is 28.5 Å². The maximum Gasteiger partial charge on any atom is 0.327 e. The van der Waals surface area contributed by atoms with Crippen LogP contribution in [0.5, 0.6) is 0 Å². The minimum absolute atomic E-state index is 0.260. The van der Waals surface area contributed by atoms with Crippen molar-refractivity contribution in [2.75, 3.05) is 6.61 Å². The highest BCUT2D eigenvalue weighted by molar-refractivity contribution is 5.88. The van der Waals surface area contributed by atoms with E-state index < -0.39 is 42.5 Å². The molecule has 0 saturated carbocycles. The fraction of sp³-hybridized carbons (Fsp3) is 0.375. The molecule has 1 aromatic carbocycles. The normalized spacial score (nSPS) is 25.9. The molecule has 0 unspecified atom stereocenters. The van der Waals surface area contributed by atoms with Crippen molar-refractivity contribution in [1.29, 1.82) is 0 Å². The van der Waals surface area contributed by atoms with Crippen molar-refractivity contribution in [2.45, 2.75) is 30.6 Å². The van der Waals surface area contributed by atoms with Gasteiger partial charge < -0.3 is 31.2 Å². The Kier molecular flexibility index (Phi) is 5.46.